The Morgan fingerprint density at radius 1 is 1.44 bits per heavy atom. The van der Waals surface area contributed by atoms with Crippen molar-refractivity contribution >= 4 is 24.3 Å². The highest BCUT2D eigenvalue weighted by molar-refractivity contribution is 6.01. The van der Waals surface area contributed by atoms with Gasteiger partial charge in [-0.2, -0.15) is 0 Å². The van der Waals surface area contributed by atoms with Crippen LogP contribution in [0.2, 0.25) is 0 Å². The van der Waals surface area contributed by atoms with E-state index in [-0.39, 0.29) is 19.4 Å². The highest BCUT2D eigenvalue weighted by Crippen LogP contribution is 2.12. The Balaban J connectivity index is 2.58. The van der Waals surface area contributed by atoms with E-state index in [1.54, 1.807) is 6.92 Å². The summed E-state index contributed by atoms with van der Waals surface area (Å²) in [4.78, 5) is 49.4. The molecule has 88 valence electrons. The van der Waals surface area contributed by atoms with Crippen LogP contribution in [0, 0.1) is 0 Å². The molecule has 0 aromatic heterocycles. The Morgan fingerprint density at radius 2 is 2.00 bits per heavy atom. The highest BCUT2D eigenvalue weighted by Gasteiger charge is 2.34. The van der Waals surface area contributed by atoms with Crippen LogP contribution in [0.3, 0.4) is 0 Å². The maximum atomic E-state index is 11.3. The Bertz CT molecular complexity index is 312. The lowest BCUT2D eigenvalue weighted by Crippen LogP contribution is -2.39. The Kier molecular flexibility index (Phi) is 3.98. The number of hydroxylamine groups is 2. The molecule has 1 saturated heterocycles. The molecule has 0 saturated carbocycles. The van der Waals surface area contributed by atoms with Crippen molar-refractivity contribution in [3.8, 4) is 0 Å². The molecule has 7 heteroatoms. The molecule has 0 aliphatic carbocycles. The lowest BCUT2D eigenvalue weighted by Gasteiger charge is -2.17. The summed E-state index contributed by atoms with van der Waals surface area (Å²) in [6.07, 6.45) is -0.0883. The van der Waals surface area contributed by atoms with Crippen molar-refractivity contribution in [2.45, 2.75) is 26.2 Å². The van der Waals surface area contributed by atoms with E-state index in [1.165, 1.54) is 0 Å². The van der Waals surface area contributed by atoms with Crippen LogP contribution in [0.1, 0.15) is 26.2 Å². The smallest absolute Gasteiger partial charge is 0.310 e. The van der Waals surface area contributed by atoms with Gasteiger partial charge in [0.2, 0.25) is 6.41 Å². The van der Waals surface area contributed by atoms with Gasteiger partial charge in [-0.3, -0.25) is 14.4 Å². The molecule has 0 spiro atoms. The van der Waals surface area contributed by atoms with E-state index in [1.807, 2.05) is 0 Å². The van der Waals surface area contributed by atoms with E-state index in [0.717, 1.165) is 4.90 Å². The maximum Gasteiger partial charge on any atom is 0.441 e. The number of rotatable bonds is 4. The average molecular weight is 228 g/mol. The van der Waals surface area contributed by atoms with E-state index in [9.17, 15) is 19.2 Å². The summed E-state index contributed by atoms with van der Waals surface area (Å²) in [5, 5.41) is 0.411. The molecule has 0 unspecified atom stereocenters. The van der Waals surface area contributed by atoms with Gasteiger partial charge in [0.15, 0.2) is 0 Å². The molecule has 1 aliphatic heterocycles. The standard InChI is InChI=1S/C9H12N2O5/c1-2-5-10(6-12)9(15)16-11-7(13)3-4-8(11)14/h6H,2-5H2,1H3. The van der Waals surface area contributed by atoms with Crippen molar-refractivity contribution < 1.29 is 24.0 Å². The first-order valence-corrected chi connectivity index (χ1v) is 4.89. The molecule has 1 fully saturated rings. The second-order valence-corrected chi connectivity index (χ2v) is 3.24. The molecule has 7 nitrogen and oxygen atoms in total. The summed E-state index contributed by atoms with van der Waals surface area (Å²) in [5.41, 5.74) is 0. The van der Waals surface area contributed by atoms with Gasteiger partial charge in [-0.25, -0.2) is 9.69 Å². The van der Waals surface area contributed by atoms with Crippen LogP contribution in [-0.4, -0.2) is 40.8 Å². The fourth-order valence-corrected chi connectivity index (χ4v) is 1.22. The van der Waals surface area contributed by atoms with Crippen LogP contribution in [0.15, 0.2) is 0 Å². The zero-order chi connectivity index (χ0) is 12.1. The molecule has 0 aromatic carbocycles. The lowest BCUT2D eigenvalue weighted by atomic mass is 10.4. The van der Waals surface area contributed by atoms with Gasteiger partial charge in [0.05, 0.1) is 0 Å². The normalized spacial score (nSPS) is 15.2. The zero-order valence-electron chi connectivity index (χ0n) is 8.84. The Labute approximate surface area is 91.9 Å². The van der Waals surface area contributed by atoms with Crippen LogP contribution < -0.4 is 0 Å². The van der Waals surface area contributed by atoms with E-state index in [0.29, 0.717) is 17.9 Å². The Hall–Kier alpha value is -1.92. The summed E-state index contributed by atoms with van der Waals surface area (Å²) in [5.74, 6) is -1.14. The molecule has 16 heavy (non-hydrogen) atoms. The predicted molar refractivity (Wildman–Crippen MR) is 50.6 cm³/mol. The molecule has 0 atom stereocenters. The SMILES string of the molecule is CCCN(C=O)C(=O)ON1C(=O)CCC1=O. The van der Waals surface area contributed by atoms with Gasteiger partial charge in [-0.05, 0) is 6.42 Å². The first kappa shape index (κ1) is 12.2. The monoisotopic (exact) mass is 228 g/mol. The van der Waals surface area contributed by atoms with E-state index < -0.39 is 17.9 Å². The minimum absolute atomic E-state index is 0.0288. The fraction of sp³-hybridized carbons (Fsp3) is 0.556. The van der Waals surface area contributed by atoms with E-state index >= 15 is 0 Å². The quantitative estimate of drug-likeness (QED) is 0.501. The third kappa shape index (κ3) is 2.56. The summed E-state index contributed by atoms with van der Waals surface area (Å²) in [6.45, 7) is 1.95. The van der Waals surface area contributed by atoms with Gasteiger partial charge >= 0.3 is 6.09 Å². The number of hydrogen-bond donors (Lipinski definition) is 0. The van der Waals surface area contributed by atoms with Crippen molar-refractivity contribution in [2.24, 2.45) is 0 Å². The fourth-order valence-electron chi connectivity index (χ4n) is 1.22. The average Bonchev–Trinajstić information content (AvgIpc) is 2.57. The number of hydrogen-bond acceptors (Lipinski definition) is 5. The number of nitrogens with zero attached hydrogens (tertiary/aromatic N) is 2. The van der Waals surface area contributed by atoms with Crippen LogP contribution in [0.25, 0.3) is 0 Å². The molecule has 1 rings (SSSR count). The first-order chi connectivity index (χ1) is 7.60. The second kappa shape index (κ2) is 5.24. The molecular weight excluding hydrogens is 216 g/mol. The van der Waals surface area contributed by atoms with Crippen LogP contribution in [-0.2, 0) is 19.2 Å². The third-order valence-corrected chi connectivity index (χ3v) is 2.00. The lowest BCUT2D eigenvalue weighted by molar-refractivity contribution is -0.174. The molecule has 1 heterocycles. The van der Waals surface area contributed by atoms with Gasteiger partial charge < -0.3 is 4.84 Å². The molecule has 4 amide bonds. The van der Waals surface area contributed by atoms with Crippen LogP contribution in [0.5, 0.6) is 0 Å². The first-order valence-electron chi connectivity index (χ1n) is 4.89. The largest absolute Gasteiger partial charge is 0.441 e. The number of amides is 4. The highest BCUT2D eigenvalue weighted by atomic mass is 16.7. The van der Waals surface area contributed by atoms with Crippen molar-refractivity contribution in [1.29, 1.82) is 0 Å². The van der Waals surface area contributed by atoms with Crippen LogP contribution >= 0.6 is 0 Å². The molecule has 0 radical (unpaired) electrons. The third-order valence-electron chi connectivity index (χ3n) is 2.00. The van der Waals surface area contributed by atoms with E-state index in [4.69, 9.17) is 0 Å². The summed E-state index contributed by atoms with van der Waals surface area (Å²) < 4.78 is 0. The number of carbonyl (C=O) groups excluding carboxylic acids is 4. The van der Waals surface area contributed by atoms with Gasteiger partial charge in [0.25, 0.3) is 11.8 Å². The number of imide groups is 2. The van der Waals surface area contributed by atoms with Gasteiger partial charge in [-0.15, -0.1) is 5.06 Å². The molecule has 1 aliphatic rings. The number of carbonyl (C=O) groups is 4. The van der Waals surface area contributed by atoms with Crippen molar-refractivity contribution in [1.82, 2.24) is 9.96 Å². The predicted octanol–water partition coefficient (Wildman–Crippen LogP) is 0.0554. The molecule has 0 aromatic rings. The second-order valence-electron chi connectivity index (χ2n) is 3.24. The van der Waals surface area contributed by atoms with Gasteiger partial charge in [0, 0.05) is 19.4 Å². The zero-order valence-corrected chi connectivity index (χ0v) is 8.84. The Morgan fingerprint density at radius 3 is 2.44 bits per heavy atom. The minimum atomic E-state index is -1.01. The maximum absolute atomic E-state index is 11.3. The molecule has 0 bridgehead atoms. The topological polar surface area (TPSA) is 84.0 Å². The summed E-state index contributed by atoms with van der Waals surface area (Å²) in [6, 6.07) is 0. The summed E-state index contributed by atoms with van der Waals surface area (Å²) >= 11 is 0. The van der Waals surface area contributed by atoms with Gasteiger partial charge in [0.1, 0.15) is 0 Å². The van der Waals surface area contributed by atoms with Crippen LogP contribution in [0.4, 0.5) is 4.79 Å². The van der Waals surface area contributed by atoms with E-state index in [2.05, 4.69) is 4.84 Å². The van der Waals surface area contributed by atoms with Crippen molar-refractivity contribution in [3.63, 3.8) is 0 Å². The summed E-state index contributed by atoms with van der Waals surface area (Å²) in [7, 11) is 0. The van der Waals surface area contributed by atoms with Crippen molar-refractivity contribution in [2.75, 3.05) is 6.54 Å². The molecule has 0 N–H and O–H groups in total. The molecular formula is C9H12N2O5. The van der Waals surface area contributed by atoms with Crippen molar-refractivity contribution in [3.05, 3.63) is 0 Å². The van der Waals surface area contributed by atoms with Gasteiger partial charge in [-0.1, -0.05) is 6.92 Å². The minimum Gasteiger partial charge on any atom is -0.310 e.